The topological polar surface area (TPSA) is 86.8 Å². The average Bonchev–Trinajstić information content (AvgIpc) is 2.74. The van der Waals surface area contributed by atoms with Crippen molar-refractivity contribution < 1.29 is 18.0 Å². The summed E-state index contributed by atoms with van der Waals surface area (Å²) in [6.07, 6.45) is 1.05. The van der Waals surface area contributed by atoms with Crippen molar-refractivity contribution in [2.75, 3.05) is 17.1 Å². The number of benzene rings is 2. The summed E-state index contributed by atoms with van der Waals surface area (Å²) < 4.78 is 26.5. The van der Waals surface area contributed by atoms with Crippen LogP contribution in [0.15, 0.2) is 42.5 Å². The summed E-state index contributed by atoms with van der Waals surface area (Å²) in [5.41, 5.74) is 1.86. The highest BCUT2D eigenvalue weighted by Crippen LogP contribution is 2.27. The number of nitrogens with zero attached hydrogens (tertiary/aromatic N) is 2. The Morgan fingerprint density at radius 2 is 1.58 bits per heavy atom. The molecule has 0 saturated heterocycles. The second-order valence-corrected chi connectivity index (χ2v) is 12.9. The summed E-state index contributed by atoms with van der Waals surface area (Å²) in [7, 11) is -3.80. The molecule has 0 aliphatic rings. The molecule has 10 heteroatoms. The molecule has 1 atom stereocenters. The molecule has 1 unspecified atom stereocenters. The Bertz CT molecular complexity index is 1190. The van der Waals surface area contributed by atoms with Crippen LogP contribution in [0.2, 0.25) is 10.0 Å². The standard InChI is InChI=1S/C26H35Cl2N3O4S/c1-17(2)29-25(33)18(3)30(15-19-8-11-21(27)14-23(19)28)24(32)16-31(36(7,34)35)22-12-9-20(10-13-22)26(4,5)6/h8-14,17-18H,15-16H2,1-7H3,(H,29,33). The van der Waals surface area contributed by atoms with Crippen LogP contribution in [-0.2, 0) is 31.6 Å². The maximum Gasteiger partial charge on any atom is 0.244 e. The number of carbonyl (C=O) groups is 2. The van der Waals surface area contributed by atoms with Crippen molar-refractivity contribution in [3.05, 3.63) is 63.6 Å². The first-order valence-electron chi connectivity index (χ1n) is 11.6. The van der Waals surface area contributed by atoms with Crippen molar-refractivity contribution in [1.82, 2.24) is 10.2 Å². The first-order chi connectivity index (χ1) is 16.5. The lowest BCUT2D eigenvalue weighted by molar-refractivity contribution is -0.139. The van der Waals surface area contributed by atoms with E-state index in [1.165, 1.54) is 4.90 Å². The van der Waals surface area contributed by atoms with Gasteiger partial charge >= 0.3 is 0 Å². The van der Waals surface area contributed by atoms with Gasteiger partial charge in [0, 0.05) is 22.6 Å². The Morgan fingerprint density at radius 1 is 1.00 bits per heavy atom. The van der Waals surface area contributed by atoms with Crippen molar-refractivity contribution in [3.8, 4) is 0 Å². The third-order valence-electron chi connectivity index (χ3n) is 5.65. The van der Waals surface area contributed by atoms with Crippen LogP contribution in [0, 0.1) is 0 Å². The van der Waals surface area contributed by atoms with Crippen LogP contribution >= 0.6 is 23.2 Å². The number of sulfonamides is 1. The molecular weight excluding hydrogens is 521 g/mol. The highest BCUT2D eigenvalue weighted by molar-refractivity contribution is 7.92. The quantitative estimate of drug-likeness (QED) is 0.471. The Kier molecular flexibility index (Phi) is 9.84. The minimum atomic E-state index is -3.80. The number of hydrogen-bond donors (Lipinski definition) is 1. The molecule has 36 heavy (non-hydrogen) atoms. The van der Waals surface area contributed by atoms with Crippen LogP contribution in [0.1, 0.15) is 52.7 Å². The second kappa shape index (κ2) is 11.8. The van der Waals surface area contributed by atoms with E-state index < -0.39 is 28.5 Å². The Labute approximate surface area is 224 Å². The maximum absolute atomic E-state index is 13.6. The summed E-state index contributed by atoms with van der Waals surface area (Å²) in [6, 6.07) is 10.9. The first-order valence-corrected chi connectivity index (χ1v) is 14.2. The zero-order chi connectivity index (χ0) is 27.4. The summed E-state index contributed by atoms with van der Waals surface area (Å²) in [5.74, 6) is -0.901. The average molecular weight is 557 g/mol. The van der Waals surface area contributed by atoms with E-state index in [1.54, 1.807) is 37.3 Å². The van der Waals surface area contributed by atoms with Gasteiger partial charge in [0.15, 0.2) is 0 Å². The third-order valence-corrected chi connectivity index (χ3v) is 7.38. The number of halogens is 2. The predicted octanol–water partition coefficient (Wildman–Crippen LogP) is 5.00. The van der Waals surface area contributed by atoms with E-state index in [4.69, 9.17) is 23.2 Å². The normalized spacial score (nSPS) is 12.8. The van der Waals surface area contributed by atoms with Crippen molar-refractivity contribution in [3.63, 3.8) is 0 Å². The number of anilines is 1. The van der Waals surface area contributed by atoms with Gasteiger partial charge in [0.05, 0.1) is 11.9 Å². The van der Waals surface area contributed by atoms with Crippen LogP contribution in [0.4, 0.5) is 5.69 Å². The lowest BCUT2D eigenvalue weighted by Gasteiger charge is -2.32. The van der Waals surface area contributed by atoms with Gasteiger partial charge in [-0.25, -0.2) is 8.42 Å². The molecule has 0 fully saturated rings. The minimum absolute atomic E-state index is 0.00206. The molecule has 0 saturated carbocycles. The molecule has 0 aromatic heterocycles. The first kappa shape index (κ1) is 29.9. The number of amides is 2. The predicted molar refractivity (Wildman–Crippen MR) is 147 cm³/mol. The van der Waals surface area contributed by atoms with Crippen molar-refractivity contribution in [2.24, 2.45) is 0 Å². The van der Waals surface area contributed by atoms with Crippen LogP contribution in [0.3, 0.4) is 0 Å². The molecule has 2 rings (SSSR count). The molecule has 0 bridgehead atoms. The molecule has 0 aliphatic carbocycles. The fourth-order valence-corrected chi connectivity index (χ4v) is 4.88. The Hall–Kier alpha value is -2.29. The molecule has 0 heterocycles. The van der Waals surface area contributed by atoms with E-state index in [0.29, 0.717) is 21.3 Å². The van der Waals surface area contributed by atoms with E-state index in [9.17, 15) is 18.0 Å². The molecule has 1 N–H and O–H groups in total. The van der Waals surface area contributed by atoms with E-state index >= 15 is 0 Å². The van der Waals surface area contributed by atoms with Gasteiger partial charge in [-0.3, -0.25) is 13.9 Å². The van der Waals surface area contributed by atoms with Gasteiger partial charge in [-0.2, -0.15) is 0 Å². The number of nitrogens with one attached hydrogen (secondary N) is 1. The number of carbonyl (C=O) groups excluding carboxylic acids is 2. The van der Waals surface area contributed by atoms with E-state index in [0.717, 1.165) is 16.1 Å². The smallest absolute Gasteiger partial charge is 0.244 e. The van der Waals surface area contributed by atoms with Crippen molar-refractivity contribution in [1.29, 1.82) is 0 Å². The fourth-order valence-electron chi connectivity index (χ4n) is 3.56. The second-order valence-electron chi connectivity index (χ2n) is 10.2. The van der Waals surface area contributed by atoms with Gasteiger partial charge < -0.3 is 10.2 Å². The molecule has 0 aliphatic heterocycles. The molecule has 7 nitrogen and oxygen atoms in total. The minimum Gasteiger partial charge on any atom is -0.352 e. The third kappa shape index (κ3) is 8.11. The molecule has 2 amide bonds. The monoisotopic (exact) mass is 555 g/mol. The van der Waals surface area contributed by atoms with E-state index in [1.807, 2.05) is 26.0 Å². The largest absolute Gasteiger partial charge is 0.352 e. The Morgan fingerprint density at radius 3 is 2.06 bits per heavy atom. The SMILES string of the molecule is CC(C)NC(=O)C(C)N(Cc1ccc(Cl)cc1Cl)C(=O)CN(c1ccc(C(C)(C)C)cc1)S(C)(=O)=O. The molecule has 0 spiro atoms. The zero-order valence-corrected chi connectivity index (χ0v) is 24.1. The van der Waals surface area contributed by atoms with Crippen molar-refractivity contribution >= 4 is 50.7 Å². The van der Waals surface area contributed by atoms with Gasteiger partial charge in [-0.15, -0.1) is 0 Å². The number of rotatable bonds is 9. The van der Waals surface area contributed by atoms with Crippen LogP contribution < -0.4 is 9.62 Å². The lowest BCUT2D eigenvalue weighted by atomic mass is 9.87. The highest BCUT2D eigenvalue weighted by atomic mass is 35.5. The highest BCUT2D eigenvalue weighted by Gasteiger charge is 2.31. The van der Waals surface area contributed by atoms with Gasteiger partial charge in [0.25, 0.3) is 0 Å². The number of hydrogen-bond acceptors (Lipinski definition) is 4. The van der Waals surface area contributed by atoms with Crippen LogP contribution in [0.5, 0.6) is 0 Å². The Balaban J connectivity index is 2.43. The molecule has 2 aromatic rings. The molecule has 0 radical (unpaired) electrons. The van der Waals surface area contributed by atoms with Gasteiger partial charge in [0.1, 0.15) is 12.6 Å². The van der Waals surface area contributed by atoms with Gasteiger partial charge in [-0.1, -0.05) is 62.2 Å². The van der Waals surface area contributed by atoms with Crippen LogP contribution in [-0.4, -0.2) is 50.0 Å². The molecule has 2 aromatic carbocycles. The lowest BCUT2D eigenvalue weighted by Crippen LogP contribution is -2.52. The summed E-state index contributed by atoms with van der Waals surface area (Å²) in [5, 5.41) is 3.59. The zero-order valence-electron chi connectivity index (χ0n) is 21.8. The summed E-state index contributed by atoms with van der Waals surface area (Å²) in [6.45, 7) is 10.9. The molecule has 198 valence electrons. The molecular formula is C26H35Cl2N3O4S. The fraction of sp³-hybridized carbons (Fsp3) is 0.462. The van der Waals surface area contributed by atoms with E-state index in [-0.39, 0.29) is 23.9 Å². The van der Waals surface area contributed by atoms with Gasteiger partial charge in [0.2, 0.25) is 21.8 Å². The van der Waals surface area contributed by atoms with E-state index in [2.05, 4.69) is 26.1 Å². The van der Waals surface area contributed by atoms with Gasteiger partial charge in [-0.05, 0) is 61.6 Å². The maximum atomic E-state index is 13.6. The van der Waals surface area contributed by atoms with Crippen molar-refractivity contribution in [2.45, 2.75) is 65.6 Å². The van der Waals surface area contributed by atoms with Crippen LogP contribution in [0.25, 0.3) is 0 Å². The summed E-state index contributed by atoms with van der Waals surface area (Å²) in [4.78, 5) is 27.7. The summed E-state index contributed by atoms with van der Waals surface area (Å²) >= 11 is 12.4.